The molecule has 0 unspecified atom stereocenters. The van der Waals surface area contributed by atoms with Gasteiger partial charge in [-0.15, -0.1) is 0 Å². The fourth-order valence-corrected chi connectivity index (χ4v) is 3.99. The normalized spacial score (nSPS) is 11.3. The first-order valence-corrected chi connectivity index (χ1v) is 9.02. The summed E-state index contributed by atoms with van der Waals surface area (Å²) in [6, 6.07) is 30.9. The minimum Gasteiger partial charge on any atom is -0.423 e. The van der Waals surface area contributed by atoms with Gasteiger partial charge in [0.25, 0.3) is 0 Å². The predicted molar refractivity (Wildman–Crippen MR) is 114 cm³/mol. The molecule has 0 atom stereocenters. The molecule has 5 aromatic rings. The summed E-state index contributed by atoms with van der Waals surface area (Å²) in [4.78, 5) is 0. The molecule has 0 aliphatic rings. The Morgan fingerprint density at radius 1 is 0.519 bits per heavy atom. The van der Waals surface area contributed by atoms with E-state index in [4.69, 9.17) is 0 Å². The zero-order chi connectivity index (χ0) is 18.4. The van der Waals surface area contributed by atoms with Gasteiger partial charge in [-0.3, -0.25) is 0 Å². The van der Waals surface area contributed by atoms with Crippen LogP contribution in [0.3, 0.4) is 0 Å². The maximum Gasteiger partial charge on any atom is 0.489 e. The van der Waals surface area contributed by atoms with Gasteiger partial charge in [0.05, 0.1) is 0 Å². The Hall–Kier alpha value is -3.14. The molecular weight excluding hydrogens is 331 g/mol. The van der Waals surface area contributed by atoms with Gasteiger partial charge in [0, 0.05) is 0 Å². The van der Waals surface area contributed by atoms with Gasteiger partial charge >= 0.3 is 7.12 Å². The van der Waals surface area contributed by atoms with E-state index in [0.717, 1.165) is 27.1 Å². The van der Waals surface area contributed by atoms with Crippen LogP contribution in [0.1, 0.15) is 0 Å². The van der Waals surface area contributed by atoms with Crippen molar-refractivity contribution in [1.82, 2.24) is 0 Å². The molecule has 2 N–H and O–H groups in total. The molecule has 0 radical (unpaired) electrons. The molecule has 0 saturated heterocycles. The maximum atomic E-state index is 9.79. The van der Waals surface area contributed by atoms with Gasteiger partial charge in [0.15, 0.2) is 0 Å². The molecule has 0 aromatic heterocycles. The summed E-state index contributed by atoms with van der Waals surface area (Å²) >= 11 is 0. The summed E-state index contributed by atoms with van der Waals surface area (Å²) in [6.45, 7) is 0. The Bertz CT molecular complexity index is 1300. The van der Waals surface area contributed by atoms with Gasteiger partial charge in [0.2, 0.25) is 0 Å². The third kappa shape index (κ3) is 2.60. The fraction of sp³-hybridized carbons (Fsp3) is 0. The molecule has 0 saturated carbocycles. The summed E-state index contributed by atoms with van der Waals surface area (Å²) < 4.78 is 0. The third-order valence-corrected chi connectivity index (χ3v) is 5.27. The first-order valence-electron chi connectivity index (χ1n) is 9.02. The molecule has 5 rings (SSSR count). The highest BCUT2D eigenvalue weighted by Crippen LogP contribution is 2.33. The minimum atomic E-state index is -1.49. The summed E-state index contributed by atoms with van der Waals surface area (Å²) in [5, 5.41) is 26.0. The summed E-state index contributed by atoms with van der Waals surface area (Å²) in [7, 11) is -1.49. The van der Waals surface area contributed by atoms with Gasteiger partial charge in [0.1, 0.15) is 0 Å². The van der Waals surface area contributed by atoms with Crippen LogP contribution in [0.25, 0.3) is 43.4 Å². The van der Waals surface area contributed by atoms with Crippen molar-refractivity contribution in [2.45, 2.75) is 0 Å². The van der Waals surface area contributed by atoms with E-state index in [-0.39, 0.29) is 0 Å². The van der Waals surface area contributed by atoms with Gasteiger partial charge in [-0.1, -0.05) is 84.9 Å². The predicted octanol–water partition coefficient (Wildman–Crippen LogP) is 4.49. The van der Waals surface area contributed by atoms with Crippen LogP contribution < -0.4 is 5.46 Å². The fourth-order valence-electron chi connectivity index (χ4n) is 3.99. The lowest BCUT2D eigenvalue weighted by molar-refractivity contribution is 0.426. The van der Waals surface area contributed by atoms with Crippen molar-refractivity contribution in [2.24, 2.45) is 0 Å². The van der Waals surface area contributed by atoms with Crippen molar-refractivity contribution < 1.29 is 10.0 Å². The van der Waals surface area contributed by atoms with Gasteiger partial charge in [-0.25, -0.2) is 0 Å². The Balaban J connectivity index is 1.84. The van der Waals surface area contributed by atoms with Crippen molar-refractivity contribution in [2.75, 3.05) is 0 Å². The molecular formula is C24H17BO2. The molecule has 0 heterocycles. The third-order valence-electron chi connectivity index (χ3n) is 5.27. The van der Waals surface area contributed by atoms with Gasteiger partial charge < -0.3 is 10.0 Å². The highest BCUT2D eigenvalue weighted by atomic mass is 16.4. The number of benzene rings is 5. The number of fused-ring (bicyclic) bond motifs is 4. The molecule has 0 aliphatic carbocycles. The highest BCUT2D eigenvalue weighted by Gasteiger charge is 2.17. The lowest BCUT2D eigenvalue weighted by atomic mass is 9.75. The maximum absolute atomic E-state index is 9.79. The largest absolute Gasteiger partial charge is 0.489 e. The topological polar surface area (TPSA) is 40.5 Å². The SMILES string of the molecule is OB(O)c1cc2ccc(-c3cccc4ccccc34)cc2c2ccccc12. The van der Waals surface area contributed by atoms with Crippen molar-refractivity contribution in [1.29, 1.82) is 0 Å². The van der Waals surface area contributed by atoms with E-state index in [2.05, 4.69) is 60.7 Å². The molecule has 2 nitrogen and oxygen atoms in total. The molecule has 5 aromatic carbocycles. The molecule has 0 spiro atoms. The molecule has 0 bridgehead atoms. The lowest BCUT2D eigenvalue weighted by Gasteiger charge is -2.12. The van der Waals surface area contributed by atoms with Crippen LogP contribution in [-0.2, 0) is 0 Å². The smallest absolute Gasteiger partial charge is 0.423 e. The Morgan fingerprint density at radius 2 is 1.22 bits per heavy atom. The quantitative estimate of drug-likeness (QED) is 0.364. The van der Waals surface area contributed by atoms with Gasteiger partial charge in [-0.2, -0.15) is 0 Å². The monoisotopic (exact) mass is 348 g/mol. The average Bonchev–Trinajstić information content (AvgIpc) is 2.72. The van der Waals surface area contributed by atoms with Crippen molar-refractivity contribution in [3.8, 4) is 11.1 Å². The second kappa shape index (κ2) is 6.24. The van der Waals surface area contributed by atoms with Crippen LogP contribution in [-0.4, -0.2) is 17.2 Å². The van der Waals surface area contributed by atoms with Crippen molar-refractivity contribution >= 4 is 44.9 Å². The first kappa shape index (κ1) is 16.1. The molecule has 0 fully saturated rings. The summed E-state index contributed by atoms with van der Waals surface area (Å²) in [5.74, 6) is 0. The average molecular weight is 348 g/mol. The molecule has 128 valence electrons. The van der Waals surface area contributed by atoms with Crippen LogP contribution in [0.4, 0.5) is 0 Å². The van der Waals surface area contributed by atoms with Crippen molar-refractivity contribution in [3.63, 3.8) is 0 Å². The van der Waals surface area contributed by atoms with Crippen LogP contribution in [0, 0.1) is 0 Å². The van der Waals surface area contributed by atoms with E-state index in [9.17, 15) is 10.0 Å². The van der Waals surface area contributed by atoms with E-state index in [1.807, 2.05) is 30.3 Å². The number of hydrogen-bond acceptors (Lipinski definition) is 2. The minimum absolute atomic E-state index is 0.538. The lowest BCUT2D eigenvalue weighted by Crippen LogP contribution is -2.30. The molecule has 0 aliphatic heterocycles. The van der Waals surface area contributed by atoms with E-state index >= 15 is 0 Å². The number of hydrogen-bond donors (Lipinski definition) is 2. The Morgan fingerprint density at radius 3 is 2.04 bits per heavy atom. The second-order valence-electron chi connectivity index (χ2n) is 6.85. The standard InChI is InChI=1S/C24H17BO2/c26-25(27)24-15-18-13-12-17(14-23(18)21-9-3-4-10-22(21)24)20-11-5-7-16-6-1-2-8-19(16)20/h1-15,26-27H. The summed E-state index contributed by atoms with van der Waals surface area (Å²) in [5.41, 5.74) is 2.89. The van der Waals surface area contributed by atoms with E-state index in [1.54, 1.807) is 0 Å². The number of rotatable bonds is 2. The Kier molecular flexibility index (Phi) is 3.71. The van der Waals surface area contributed by atoms with E-state index < -0.39 is 7.12 Å². The zero-order valence-electron chi connectivity index (χ0n) is 14.6. The molecule has 0 amide bonds. The van der Waals surface area contributed by atoms with Crippen molar-refractivity contribution in [3.05, 3.63) is 91.0 Å². The molecule has 27 heavy (non-hydrogen) atoms. The van der Waals surface area contributed by atoms with Crippen LogP contribution in [0.5, 0.6) is 0 Å². The van der Waals surface area contributed by atoms with Gasteiger partial charge in [-0.05, 0) is 55.0 Å². The van der Waals surface area contributed by atoms with Crippen LogP contribution >= 0.6 is 0 Å². The first-order chi connectivity index (χ1) is 13.2. The van der Waals surface area contributed by atoms with Crippen LogP contribution in [0.2, 0.25) is 0 Å². The molecule has 3 heteroatoms. The van der Waals surface area contributed by atoms with E-state index in [1.165, 1.54) is 16.3 Å². The highest BCUT2D eigenvalue weighted by molar-refractivity contribution is 6.62. The van der Waals surface area contributed by atoms with E-state index in [0.29, 0.717) is 5.46 Å². The summed E-state index contributed by atoms with van der Waals surface area (Å²) in [6.07, 6.45) is 0. The Labute approximate surface area is 157 Å². The van der Waals surface area contributed by atoms with Crippen LogP contribution in [0.15, 0.2) is 91.0 Å². The zero-order valence-corrected chi connectivity index (χ0v) is 14.6. The second-order valence-corrected chi connectivity index (χ2v) is 6.85.